The standard InChI is InChI=1S/C64H64N2OS/c1-5-7-9-11-13-15-24-45-38-54(47(36-44(45)4)25-16-14-12-10-8-6-2)59-41-58(49-28-22-27-48(37-49)52-30-18-17-29-51(52)46-26-21-23-43(3)35-46)65-64(66-59)50-33-34-62-56(39-50)57-40-55-53-31-19-20-32-60(53)67-61(55)42-63(57)68-62/h17-23,26-42H,5-16,24-25H2,1-4H3. The monoisotopic (exact) mass is 908 g/mol. The molecule has 0 saturated carbocycles. The largest absolute Gasteiger partial charge is 0.456 e. The molecule has 0 fully saturated rings. The van der Waals surface area contributed by atoms with Crippen molar-refractivity contribution in [2.45, 2.75) is 118 Å². The van der Waals surface area contributed by atoms with Crippen LogP contribution in [-0.4, -0.2) is 9.97 Å². The minimum Gasteiger partial charge on any atom is -0.456 e. The number of hydrogen-bond acceptors (Lipinski definition) is 4. The molecule has 0 N–H and O–H groups in total. The molecule has 7 aromatic carbocycles. The van der Waals surface area contributed by atoms with E-state index in [-0.39, 0.29) is 0 Å². The first kappa shape index (κ1) is 45.4. The van der Waals surface area contributed by atoms with Crippen LogP contribution in [0.2, 0.25) is 0 Å². The molecule has 10 aromatic rings. The van der Waals surface area contributed by atoms with Crippen LogP contribution in [0.1, 0.15) is 113 Å². The first-order chi connectivity index (χ1) is 33.4. The molecule has 0 radical (unpaired) electrons. The van der Waals surface area contributed by atoms with Gasteiger partial charge in [-0.05, 0) is 133 Å². The molecule has 342 valence electrons. The van der Waals surface area contributed by atoms with E-state index >= 15 is 0 Å². The Bertz CT molecular complexity index is 3370. The fourth-order valence-electron chi connectivity index (χ4n) is 10.4. The maximum Gasteiger partial charge on any atom is 0.160 e. The van der Waals surface area contributed by atoms with Gasteiger partial charge < -0.3 is 4.42 Å². The number of para-hydroxylation sites is 1. The summed E-state index contributed by atoms with van der Waals surface area (Å²) in [6.45, 7) is 9.10. The summed E-state index contributed by atoms with van der Waals surface area (Å²) in [5, 5.41) is 4.76. The van der Waals surface area contributed by atoms with E-state index in [2.05, 4.69) is 167 Å². The first-order valence-corrected chi connectivity index (χ1v) is 26.3. The smallest absolute Gasteiger partial charge is 0.160 e. The average molecular weight is 909 g/mol. The van der Waals surface area contributed by atoms with Crippen molar-refractivity contribution in [2.24, 2.45) is 0 Å². The van der Waals surface area contributed by atoms with E-state index in [1.807, 2.05) is 17.4 Å². The van der Waals surface area contributed by atoms with Crippen molar-refractivity contribution >= 4 is 53.4 Å². The topological polar surface area (TPSA) is 38.9 Å². The Morgan fingerprint density at radius 3 is 1.82 bits per heavy atom. The number of benzene rings is 7. The summed E-state index contributed by atoms with van der Waals surface area (Å²) < 4.78 is 8.80. The highest BCUT2D eigenvalue weighted by Gasteiger charge is 2.19. The maximum atomic E-state index is 6.33. The van der Waals surface area contributed by atoms with E-state index in [0.717, 1.165) is 63.1 Å². The Kier molecular flexibility index (Phi) is 13.9. The molecule has 0 bridgehead atoms. The Morgan fingerprint density at radius 1 is 0.412 bits per heavy atom. The van der Waals surface area contributed by atoms with Gasteiger partial charge in [0.15, 0.2) is 5.82 Å². The molecule has 10 rings (SSSR count). The van der Waals surface area contributed by atoms with Crippen molar-refractivity contribution < 1.29 is 4.42 Å². The lowest BCUT2D eigenvalue weighted by Crippen LogP contribution is -2.01. The fourth-order valence-corrected chi connectivity index (χ4v) is 11.5. The van der Waals surface area contributed by atoms with Gasteiger partial charge >= 0.3 is 0 Å². The number of unbranched alkanes of at least 4 members (excludes halogenated alkanes) is 10. The zero-order chi connectivity index (χ0) is 46.4. The number of hydrogen-bond donors (Lipinski definition) is 0. The van der Waals surface area contributed by atoms with Crippen LogP contribution in [0.4, 0.5) is 0 Å². The van der Waals surface area contributed by atoms with E-state index in [9.17, 15) is 0 Å². The third kappa shape index (κ3) is 9.80. The van der Waals surface area contributed by atoms with Crippen LogP contribution in [-0.2, 0) is 12.8 Å². The Morgan fingerprint density at radius 2 is 1.06 bits per heavy atom. The van der Waals surface area contributed by atoms with Crippen LogP contribution in [0.25, 0.3) is 98.3 Å². The Labute approximate surface area is 407 Å². The molecule has 0 unspecified atom stereocenters. The molecule has 0 amide bonds. The summed E-state index contributed by atoms with van der Waals surface area (Å²) in [7, 11) is 0. The van der Waals surface area contributed by atoms with Crippen molar-refractivity contribution in [3.05, 3.63) is 168 Å². The van der Waals surface area contributed by atoms with Crippen molar-refractivity contribution in [1.82, 2.24) is 9.97 Å². The summed E-state index contributed by atoms with van der Waals surface area (Å²) in [6, 6.07) is 53.6. The lowest BCUT2D eigenvalue weighted by atomic mass is 9.90. The summed E-state index contributed by atoms with van der Waals surface area (Å²) in [4.78, 5) is 11.1. The third-order valence-electron chi connectivity index (χ3n) is 14.1. The second kappa shape index (κ2) is 20.9. The van der Waals surface area contributed by atoms with Crippen LogP contribution in [0.5, 0.6) is 0 Å². The normalized spacial score (nSPS) is 11.8. The Balaban J connectivity index is 1.11. The van der Waals surface area contributed by atoms with Gasteiger partial charge in [0.25, 0.3) is 0 Å². The molecule has 4 heteroatoms. The van der Waals surface area contributed by atoms with Gasteiger partial charge in [-0.1, -0.05) is 175 Å². The van der Waals surface area contributed by atoms with Crippen molar-refractivity contribution in [2.75, 3.05) is 0 Å². The minimum absolute atomic E-state index is 0.753. The van der Waals surface area contributed by atoms with Gasteiger partial charge in [-0.2, -0.15) is 0 Å². The number of thiophene rings is 1. The molecule has 3 aromatic heterocycles. The van der Waals surface area contributed by atoms with E-state index in [1.54, 1.807) is 0 Å². The SMILES string of the molecule is CCCCCCCCc1cc(-c2cc(-c3cccc(-c4ccccc4-c4cccc(C)c4)c3)nc(-c3ccc4sc5cc6oc7ccccc7c6cc5c4c3)n2)c(CCCCCCCC)cc1C. The molecular formula is C64H64N2OS. The predicted octanol–water partition coefficient (Wildman–Crippen LogP) is 19.5. The van der Waals surface area contributed by atoms with E-state index < -0.39 is 0 Å². The highest BCUT2D eigenvalue weighted by Crippen LogP contribution is 2.42. The lowest BCUT2D eigenvalue weighted by Gasteiger charge is -2.17. The van der Waals surface area contributed by atoms with Crippen LogP contribution < -0.4 is 0 Å². The van der Waals surface area contributed by atoms with Crippen molar-refractivity contribution in [1.29, 1.82) is 0 Å². The van der Waals surface area contributed by atoms with Gasteiger partial charge in [0.2, 0.25) is 0 Å². The zero-order valence-corrected chi connectivity index (χ0v) is 41.3. The van der Waals surface area contributed by atoms with Gasteiger partial charge in [0, 0.05) is 47.6 Å². The minimum atomic E-state index is 0.753. The molecule has 0 aliphatic carbocycles. The summed E-state index contributed by atoms with van der Waals surface area (Å²) >= 11 is 1.82. The van der Waals surface area contributed by atoms with E-state index in [0.29, 0.717) is 0 Å². The first-order valence-electron chi connectivity index (χ1n) is 25.5. The molecular weight excluding hydrogens is 845 g/mol. The van der Waals surface area contributed by atoms with Crippen LogP contribution in [0.15, 0.2) is 150 Å². The van der Waals surface area contributed by atoms with E-state index in [1.165, 1.54) is 147 Å². The van der Waals surface area contributed by atoms with Crippen molar-refractivity contribution in [3.8, 4) is 56.2 Å². The number of furan rings is 1. The van der Waals surface area contributed by atoms with Gasteiger partial charge in [-0.3, -0.25) is 0 Å². The molecule has 0 aliphatic heterocycles. The predicted molar refractivity (Wildman–Crippen MR) is 293 cm³/mol. The van der Waals surface area contributed by atoms with Gasteiger partial charge in [-0.25, -0.2) is 9.97 Å². The molecule has 0 saturated heterocycles. The van der Waals surface area contributed by atoms with Crippen LogP contribution >= 0.6 is 11.3 Å². The zero-order valence-electron chi connectivity index (χ0n) is 40.5. The summed E-state index contributed by atoms with van der Waals surface area (Å²) in [5.41, 5.74) is 17.5. The van der Waals surface area contributed by atoms with Gasteiger partial charge in [0.05, 0.1) is 11.4 Å². The average Bonchev–Trinajstić information content (AvgIpc) is 3.92. The molecule has 3 nitrogen and oxygen atoms in total. The number of fused-ring (bicyclic) bond motifs is 6. The molecule has 3 heterocycles. The number of aromatic nitrogens is 2. The quantitative estimate of drug-likeness (QED) is 0.0759. The molecule has 68 heavy (non-hydrogen) atoms. The highest BCUT2D eigenvalue weighted by molar-refractivity contribution is 7.25. The number of nitrogens with zero attached hydrogens (tertiary/aromatic N) is 2. The van der Waals surface area contributed by atoms with Crippen LogP contribution in [0.3, 0.4) is 0 Å². The number of rotatable bonds is 19. The number of aryl methyl sites for hydroxylation is 4. The lowest BCUT2D eigenvalue weighted by molar-refractivity contribution is 0.605. The van der Waals surface area contributed by atoms with Gasteiger partial charge in [0.1, 0.15) is 11.2 Å². The van der Waals surface area contributed by atoms with Crippen molar-refractivity contribution in [3.63, 3.8) is 0 Å². The fraction of sp³-hybridized carbons (Fsp3) is 0.281. The third-order valence-corrected chi connectivity index (χ3v) is 15.2. The van der Waals surface area contributed by atoms with E-state index in [4.69, 9.17) is 14.4 Å². The summed E-state index contributed by atoms with van der Waals surface area (Å²) in [5.74, 6) is 0.753. The second-order valence-corrected chi connectivity index (χ2v) is 20.3. The molecule has 0 spiro atoms. The highest BCUT2D eigenvalue weighted by atomic mass is 32.1. The summed E-state index contributed by atoms with van der Waals surface area (Å²) in [6.07, 6.45) is 17.5. The molecule has 0 atom stereocenters. The van der Waals surface area contributed by atoms with Crippen LogP contribution in [0, 0.1) is 13.8 Å². The second-order valence-electron chi connectivity index (χ2n) is 19.2. The molecule has 0 aliphatic rings. The van der Waals surface area contributed by atoms with Gasteiger partial charge in [-0.15, -0.1) is 11.3 Å². The Hall–Kier alpha value is -6.36. The maximum absolute atomic E-state index is 6.33.